The van der Waals surface area contributed by atoms with Gasteiger partial charge >= 0.3 is 0 Å². The maximum absolute atomic E-state index is 12.7. The Labute approximate surface area is 139 Å². The number of fused-ring (bicyclic) bond motifs is 1. The number of aromatic nitrogens is 1. The summed E-state index contributed by atoms with van der Waals surface area (Å²) in [5, 5.41) is 4.63. The molecule has 3 aromatic rings. The molecular weight excluding hydrogens is 302 g/mol. The van der Waals surface area contributed by atoms with Crippen LogP contribution in [0.3, 0.4) is 0 Å². The van der Waals surface area contributed by atoms with Crippen molar-refractivity contribution in [2.45, 2.75) is 0 Å². The molecule has 0 aliphatic rings. The Bertz CT molecular complexity index is 919. The second kappa shape index (κ2) is 6.50. The van der Waals surface area contributed by atoms with Gasteiger partial charge in [0.1, 0.15) is 5.69 Å². The molecule has 0 aliphatic heterocycles. The molecule has 0 saturated heterocycles. The van der Waals surface area contributed by atoms with Crippen LogP contribution in [0, 0.1) is 0 Å². The van der Waals surface area contributed by atoms with Gasteiger partial charge in [0.2, 0.25) is 0 Å². The van der Waals surface area contributed by atoms with E-state index in [0.717, 1.165) is 16.5 Å². The Hall–Kier alpha value is -3.21. The molecule has 1 amide bonds. The summed E-state index contributed by atoms with van der Waals surface area (Å²) in [5.41, 5.74) is 2.20. The highest BCUT2D eigenvalue weighted by atomic mass is 16.1. The average molecular weight is 319 g/mol. The fourth-order valence-electron chi connectivity index (χ4n) is 2.68. The number of rotatable bonds is 4. The van der Waals surface area contributed by atoms with E-state index < -0.39 is 0 Å². The fourth-order valence-corrected chi connectivity index (χ4v) is 2.68. The molecule has 1 aromatic heterocycles. The van der Waals surface area contributed by atoms with Gasteiger partial charge in [0.15, 0.2) is 6.29 Å². The van der Waals surface area contributed by atoms with Crippen molar-refractivity contribution >= 4 is 34.3 Å². The average Bonchev–Trinajstić information content (AvgIpc) is 2.61. The monoisotopic (exact) mass is 319 g/mol. The summed E-state index contributed by atoms with van der Waals surface area (Å²) in [6.45, 7) is 0. The highest BCUT2D eigenvalue weighted by Gasteiger charge is 2.14. The minimum absolute atomic E-state index is 0.208. The van der Waals surface area contributed by atoms with E-state index in [-0.39, 0.29) is 11.6 Å². The lowest BCUT2D eigenvalue weighted by molar-refractivity contribution is 0.102. The lowest BCUT2D eigenvalue weighted by Gasteiger charge is -2.17. The molecular formula is C19H17N3O2. The van der Waals surface area contributed by atoms with Crippen LogP contribution in [0.25, 0.3) is 10.8 Å². The fraction of sp³-hybridized carbons (Fsp3) is 0.105. The SMILES string of the molecule is CN(C)c1ccc(C(=O)Nc2cccnc2C=O)c2ccccc12. The van der Waals surface area contributed by atoms with E-state index >= 15 is 0 Å². The predicted octanol–water partition coefficient (Wildman–Crippen LogP) is 3.37. The maximum Gasteiger partial charge on any atom is 0.256 e. The van der Waals surface area contributed by atoms with Gasteiger partial charge in [0.25, 0.3) is 5.91 Å². The van der Waals surface area contributed by atoms with E-state index in [4.69, 9.17) is 0 Å². The summed E-state index contributed by atoms with van der Waals surface area (Å²) in [6.07, 6.45) is 2.14. The van der Waals surface area contributed by atoms with Crippen LogP contribution in [0.4, 0.5) is 11.4 Å². The third-order valence-electron chi connectivity index (χ3n) is 3.83. The molecule has 0 fully saturated rings. The second-order valence-electron chi connectivity index (χ2n) is 5.58. The Balaban J connectivity index is 2.05. The molecule has 0 bridgehead atoms. The van der Waals surface area contributed by atoms with Crippen LogP contribution in [-0.2, 0) is 0 Å². The maximum atomic E-state index is 12.7. The van der Waals surface area contributed by atoms with E-state index in [2.05, 4.69) is 10.3 Å². The Kier molecular flexibility index (Phi) is 4.24. The number of benzene rings is 2. The minimum Gasteiger partial charge on any atom is -0.377 e. The number of anilines is 2. The summed E-state index contributed by atoms with van der Waals surface area (Å²) in [6, 6.07) is 14.8. The Morgan fingerprint density at radius 2 is 1.79 bits per heavy atom. The molecule has 5 nitrogen and oxygen atoms in total. The summed E-state index contributed by atoms with van der Waals surface area (Å²) >= 11 is 0. The Morgan fingerprint density at radius 3 is 2.50 bits per heavy atom. The molecule has 0 saturated carbocycles. The van der Waals surface area contributed by atoms with E-state index in [1.165, 1.54) is 6.20 Å². The number of nitrogens with one attached hydrogen (secondary N) is 1. The molecule has 0 unspecified atom stereocenters. The predicted molar refractivity (Wildman–Crippen MR) is 95.9 cm³/mol. The molecule has 24 heavy (non-hydrogen) atoms. The van der Waals surface area contributed by atoms with Gasteiger partial charge in [-0.2, -0.15) is 0 Å². The number of pyridine rings is 1. The summed E-state index contributed by atoms with van der Waals surface area (Å²) in [4.78, 5) is 29.7. The number of nitrogens with zero attached hydrogens (tertiary/aromatic N) is 2. The van der Waals surface area contributed by atoms with Gasteiger partial charge in [-0.05, 0) is 29.7 Å². The lowest BCUT2D eigenvalue weighted by atomic mass is 10.0. The zero-order valence-electron chi connectivity index (χ0n) is 13.5. The smallest absolute Gasteiger partial charge is 0.256 e. The van der Waals surface area contributed by atoms with Gasteiger partial charge in [-0.15, -0.1) is 0 Å². The van der Waals surface area contributed by atoms with E-state index in [9.17, 15) is 9.59 Å². The number of aldehydes is 1. The largest absolute Gasteiger partial charge is 0.377 e. The second-order valence-corrected chi connectivity index (χ2v) is 5.58. The van der Waals surface area contributed by atoms with Crippen LogP contribution in [0.1, 0.15) is 20.8 Å². The summed E-state index contributed by atoms with van der Waals surface area (Å²) in [5.74, 6) is -0.271. The molecule has 0 aliphatic carbocycles. The third kappa shape index (κ3) is 2.84. The van der Waals surface area contributed by atoms with Gasteiger partial charge < -0.3 is 10.2 Å². The molecule has 0 spiro atoms. The topological polar surface area (TPSA) is 62.3 Å². The van der Waals surface area contributed by atoms with Crippen LogP contribution >= 0.6 is 0 Å². The van der Waals surface area contributed by atoms with Gasteiger partial charge in [-0.1, -0.05) is 24.3 Å². The van der Waals surface area contributed by atoms with Crippen LogP contribution < -0.4 is 10.2 Å². The molecule has 0 radical (unpaired) electrons. The van der Waals surface area contributed by atoms with Crippen molar-refractivity contribution in [3.05, 3.63) is 66.0 Å². The van der Waals surface area contributed by atoms with Crippen molar-refractivity contribution in [3.63, 3.8) is 0 Å². The molecule has 120 valence electrons. The van der Waals surface area contributed by atoms with Crippen molar-refractivity contribution in [3.8, 4) is 0 Å². The number of hydrogen-bond donors (Lipinski definition) is 1. The number of amides is 1. The first kappa shape index (κ1) is 15.7. The number of carbonyl (C=O) groups is 2. The molecule has 1 heterocycles. The highest BCUT2D eigenvalue weighted by molar-refractivity contribution is 6.15. The summed E-state index contributed by atoms with van der Waals surface area (Å²) in [7, 11) is 3.93. The zero-order chi connectivity index (χ0) is 17.1. The third-order valence-corrected chi connectivity index (χ3v) is 3.83. The van der Waals surface area contributed by atoms with Gasteiger partial charge in [0, 0.05) is 36.9 Å². The van der Waals surface area contributed by atoms with Crippen LogP contribution in [-0.4, -0.2) is 31.3 Å². The minimum atomic E-state index is -0.271. The first-order chi connectivity index (χ1) is 11.6. The van der Waals surface area contributed by atoms with Crippen molar-refractivity contribution in [2.75, 3.05) is 24.3 Å². The van der Waals surface area contributed by atoms with Gasteiger partial charge in [0.05, 0.1) is 5.69 Å². The van der Waals surface area contributed by atoms with Crippen molar-refractivity contribution in [2.24, 2.45) is 0 Å². The molecule has 5 heteroatoms. The number of hydrogen-bond acceptors (Lipinski definition) is 4. The first-order valence-corrected chi connectivity index (χ1v) is 7.52. The van der Waals surface area contributed by atoms with Gasteiger partial charge in [-0.25, -0.2) is 0 Å². The van der Waals surface area contributed by atoms with Crippen molar-refractivity contribution < 1.29 is 9.59 Å². The standard InChI is InChI=1S/C19H17N3O2/c1-22(2)18-10-9-15(13-6-3-4-7-14(13)18)19(24)21-16-8-5-11-20-17(16)12-23/h3-12H,1-2H3,(H,21,24). The van der Waals surface area contributed by atoms with Crippen LogP contribution in [0.5, 0.6) is 0 Å². The quantitative estimate of drug-likeness (QED) is 0.749. The van der Waals surface area contributed by atoms with Crippen molar-refractivity contribution in [1.82, 2.24) is 4.98 Å². The normalized spacial score (nSPS) is 10.4. The van der Waals surface area contributed by atoms with E-state index in [0.29, 0.717) is 17.5 Å². The molecule has 2 aromatic carbocycles. The molecule has 3 rings (SSSR count). The van der Waals surface area contributed by atoms with Crippen LogP contribution in [0.15, 0.2) is 54.7 Å². The lowest BCUT2D eigenvalue weighted by Crippen LogP contribution is -2.15. The highest BCUT2D eigenvalue weighted by Crippen LogP contribution is 2.29. The number of carbonyl (C=O) groups excluding carboxylic acids is 2. The van der Waals surface area contributed by atoms with E-state index in [1.54, 1.807) is 18.2 Å². The van der Waals surface area contributed by atoms with Crippen molar-refractivity contribution in [1.29, 1.82) is 0 Å². The summed E-state index contributed by atoms with van der Waals surface area (Å²) < 4.78 is 0. The van der Waals surface area contributed by atoms with E-state index in [1.807, 2.05) is 49.3 Å². The van der Waals surface area contributed by atoms with Crippen LogP contribution in [0.2, 0.25) is 0 Å². The molecule has 1 N–H and O–H groups in total. The van der Waals surface area contributed by atoms with Gasteiger partial charge in [-0.3, -0.25) is 14.6 Å². The first-order valence-electron chi connectivity index (χ1n) is 7.52. The Morgan fingerprint density at radius 1 is 1.04 bits per heavy atom. The zero-order valence-corrected chi connectivity index (χ0v) is 13.5. The molecule has 0 atom stereocenters.